The number of carbonyl (C=O) groups is 1. The predicted molar refractivity (Wildman–Crippen MR) is 124 cm³/mol. The highest BCUT2D eigenvalue weighted by molar-refractivity contribution is 14.1. The number of halogens is 7. The zero-order valence-corrected chi connectivity index (χ0v) is 20.4. The third-order valence-corrected chi connectivity index (χ3v) is 7.24. The van der Waals surface area contributed by atoms with E-state index >= 15 is 0 Å². The highest BCUT2D eigenvalue weighted by Crippen LogP contribution is 2.33. The molecular weight excluding hydrogens is 603 g/mol. The Bertz CT molecular complexity index is 976. The maximum absolute atomic E-state index is 13.7. The second-order valence-corrected chi connectivity index (χ2v) is 9.69. The summed E-state index contributed by atoms with van der Waals surface area (Å²) >= 11 is 2.78. The normalized spacial score (nSPS) is 13.9. The van der Waals surface area contributed by atoms with Crippen LogP contribution in [-0.2, 0) is 11.0 Å². The number of benzene rings is 2. The maximum atomic E-state index is 13.7. The van der Waals surface area contributed by atoms with Gasteiger partial charge in [-0.25, -0.2) is 21.2 Å². The number of nitrogens with two attached hydrogens (primary N) is 1. The van der Waals surface area contributed by atoms with Gasteiger partial charge in [0.15, 0.2) is 6.61 Å². The number of alkyl halides is 7. The third-order valence-electron chi connectivity index (χ3n) is 4.37. The van der Waals surface area contributed by atoms with Gasteiger partial charge in [0.05, 0.1) is 11.3 Å². The van der Waals surface area contributed by atoms with Gasteiger partial charge >= 0.3 is 18.3 Å². The monoisotopic (exact) mass is 623 g/mol. The largest absolute Gasteiger partial charge is 0.482 e. The molecule has 2 atom stereocenters. The Morgan fingerprint density at radius 3 is 2.29 bits per heavy atom. The Morgan fingerprint density at radius 1 is 1.18 bits per heavy atom. The van der Waals surface area contributed by atoms with Crippen LogP contribution < -0.4 is 21.1 Å². The summed E-state index contributed by atoms with van der Waals surface area (Å²) in [6.45, 7) is 1.16. The van der Waals surface area contributed by atoms with E-state index < -0.39 is 40.5 Å². The fourth-order valence-electron chi connectivity index (χ4n) is 2.68. The summed E-state index contributed by atoms with van der Waals surface area (Å²) in [4.78, 5) is 11.3. The fourth-order valence-corrected chi connectivity index (χ4v) is 4.76. The number of hydrogen-bond acceptors (Lipinski definition) is 6. The van der Waals surface area contributed by atoms with E-state index in [0.29, 0.717) is 21.3 Å². The van der Waals surface area contributed by atoms with Crippen molar-refractivity contribution >= 4 is 46.0 Å². The van der Waals surface area contributed by atoms with Gasteiger partial charge in [0.1, 0.15) is 11.8 Å². The fraction of sp³-hybridized carbons (Fsp3) is 0.350. The molecule has 0 aliphatic rings. The van der Waals surface area contributed by atoms with Crippen LogP contribution in [0.15, 0.2) is 47.4 Å². The zero-order chi connectivity index (χ0) is 25.7. The lowest BCUT2D eigenvalue weighted by atomic mass is 10.2. The van der Waals surface area contributed by atoms with E-state index in [0.717, 1.165) is 36.0 Å². The van der Waals surface area contributed by atoms with Crippen LogP contribution in [0, 0.1) is 6.92 Å². The average molecular weight is 623 g/mol. The molecule has 2 rings (SSSR count). The summed E-state index contributed by atoms with van der Waals surface area (Å²) in [5.41, 5.74) is 1.72. The number of carboxylic acid groups (broad SMARTS) is 1. The molecule has 0 saturated heterocycles. The first-order valence-electron chi connectivity index (χ1n) is 9.45. The topological polar surface area (TPSA) is 87.8 Å². The number of hydrogen-bond donors (Lipinski definition) is 3. The molecule has 14 heteroatoms. The van der Waals surface area contributed by atoms with E-state index in [-0.39, 0.29) is 11.4 Å². The van der Waals surface area contributed by atoms with Gasteiger partial charge in [-0.3, -0.25) is 0 Å². The third kappa shape index (κ3) is 8.39. The molecule has 0 spiro atoms. The highest BCUT2D eigenvalue weighted by atomic mass is 127. The SMILES string of the molecule is Cc1cc(SCC(I)C(NN(N)c2ccc(C(F)(F)F)cc2)C(F)(F)F)ccc1OCC(=O)O. The van der Waals surface area contributed by atoms with Gasteiger partial charge in [-0.2, -0.15) is 26.3 Å². The Balaban J connectivity index is 2.05. The molecule has 0 radical (unpaired) electrons. The quantitative estimate of drug-likeness (QED) is 0.0840. The Labute approximate surface area is 208 Å². The number of anilines is 1. The number of nitrogens with zero attached hydrogens (tertiary/aromatic N) is 1. The van der Waals surface area contributed by atoms with Crippen molar-refractivity contribution in [3.63, 3.8) is 0 Å². The van der Waals surface area contributed by atoms with Crippen LogP contribution in [0.25, 0.3) is 0 Å². The Hall–Kier alpha value is -1.91. The van der Waals surface area contributed by atoms with Crippen molar-refractivity contribution in [2.75, 3.05) is 17.5 Å². The van der Waals surface area contributed by atoms with Gasteiger partial charge in [0.25, 0.3) is 0 Å². The van der Waals surface area contributed by atoms with Crippen LogP contribution in [0.5, 0.6) is 5.75 Å². The first-order valence-corrected chi connectivity index (χ1v) is 11.7. The van der Waals surface area contributed by atoms with Gasteiger partial charge in [-0.05, 0) is 55.0 Å². The van der Waals surface area contributed by atoms with Crippen LogP contribution >= 0.6 is 34.4 Å². The van der Waals surface area contributed by atoms with Crippen molar-refractivity contribution in [2.24, 2.45) is 5.84 Å². The minimum absolute atomic E-state index is 0.0212. The van der Waals surface area contributed by atoms with Crippen LogP contribution in [0.1, 0.15) is 11.1 Å². The molecule has 0 saturated carbocycles. The highest BCUT2D eigenvalue weighted by Gasteiger charge is 2.45. The lowest BCUT2D eigenvalue weighted by molar-refractivity contribution is -0.154. The van der Waals surface area contributed by atoms with Crippen molar-refractivity contribution in [1.29, 1.82) is 0 Å². The second kappa shape index (κ2) is 11.7. The number of ether oxygens (including phenoxy) is 1. The number of hydrazine groups is 2. The molecule has 4 N–H and O–H groups in total. The van der Waals surface area contributed by atoms with Crippen molar-refractivity contribution in [1.82, 2.24) is 5.43 Å². The van der Waals surface area contributed by atoms with Gasteiger partial charge in [-0.1, -0.05) is 22.6 Å². The van der Waals surface area contributed by atoms with E-state index in [1.165, 1.54) is 6.07 Å². The summed E-state index contributed by atoms with van der Waals surface area (Å²) in [5, 5.41) is 9.23. The van der Waals surface area contributed by atoms with Crippen molar-refractivity contribution < 1.29 is 41.0 Å². The maximum Gasteiger partial charge on any atom is 0.416 e. The number of aryl methyl sites for hydroxylation is 1. The molecule has 0 amide bonds. The lowest BCUT2D eigenvalue weighted by Crippen LogP contribution is -2.58. The predicted octanol–water partition coefficient (Wildman–Crippen LogP) is 5.19. The molecule has 0 aliphatic carbocycles. The van der Waals surface area contributed by atoms with Crippen LogP contribution in [0.3, 0.4) is 0 Å². The van der Waals surface area contributed by atoms with Crippen molar-refractivity contribution in [3.8, 4) is 5.75 Å². The molecule has 6 nitrogen and oxygen atoms in total. The summed E-state index contributed by atoms with van der Waals surface area (Å²) in [5.74, 6) is 4.89. The summed E-state index contributed by atoms with van der Waals surface area (Å²) in [6.07, 6.45) is -9.27. The molecular formula is C20H20F6IN3O3S. The first-order chi connectivity index (χ1) is 15.7. The van der Waals surface area contributed by atoms with Crippen molar-refractivity contribution in [3.05, 3.63) is 53.6 Å². The van der Waals surface area contributed by atoms with E-state index in [1.54, 1.807) is 41.6 Å². The van der Waals surface area contributed by atoms with E-state index in [4.69, 9.17) is 15.7 Å². The Kier molecular flexibility index (Phi) is 9.73. The Morgan fingerprint density at radius 2 is 1.79 bits per heavy atom. The number of nitrogens with one attached hydrogen (secondary N) is 1. The van der Waals surface area contributed by atoms with E-state index in [1.807, 2.05) is 0 Å². The molecule has 0 aromatic heterocycles. The average Bonchev–Trinajstić information content (AvgIpc) is 2.73. The second-order valence-electron chi connectivity index (χ2n) is 7.00. The first kappa shape index (κ1) is 28.3. The van der Waals surface area contributed by atoms with Gasteiger partial charge in [0, 0.05) is 14.6 Å². The number of rotatable bonds is 10. The van der Waals surface area contributed by atoms with Crippen LogP contribution in [0.4, 0.5) is 32.0 Å². The standard InChI is InChI=1S/C20H20F6IN3O3S/c1-11-8-14(6-7-16(11)33-9-17(31)32)34-10-15(27)18(20(24,25)26)29-30(28)13-4-2-12(3-5-13)19(21,22)23/h2-8,15,18,29H,9-10,28H2,1H3,(H,31,32). The summed E-state index contributed by atoms with van der Waals surface area (Å²) in [7, 11) is 0. The molecule has 0 heterocycles. The smallest absolute Gasteiger partial charge is 0.416 e. The lowest BCUT2D eigenvalue weighted by Gasteiger charge is -2.31. The molecule has 0 aliphatic heterocycles. The van der Waals surface area contributed by atoms with Gasteiger partial charge < -0.3 is 9.84 Å². The zero-order valence-electron chi connectivity index (χ0n) is 17.5. The van der Waals surface area contributed by atoms with Gasteiger partial charge in [-0.15, -0.1) is 11.8 Å². The number of thioether (sulfide) groups is 1. The minimum atomic E-state index is -4.69. The van der Waals surface area contributed by atoms with E-state index in [9.17, 15) is 31.1 Å². The summed E-state index contributed by atoms with van der Waals surface area (Å²) in [6, 6.07) is 6.10. The molecule has 34 heavy (non-hydrogen) atoms. The van der Waals surface area contributed by atoms with Crippen LogP contribution in [-0.4, -0.2) is 39.6 Å². The number of carboxylic acids is 1. The number of aliphatic carboxylic acids is 1. The summed E-state index contributed by atoms with van der Waals surface area (Å²) < 4.78 is 83.3. The minimum Gasteiger partial charge on any atom is -0.482 e. The van der Waals surface area contributed by atoms with Gasteiger partial charge in [0.2, 0.25) is 0 Å². The molecule has 0 fully saturated rings. The molecule has 2 aromatic rings. The molecule has 188 valence electrons. The molecule has 2 unspecified atom stereocenters. The van der Waals surface area contributed by atoms with Crippen molar-refractivity contribution in [2.45, 2.75) is 34.1 Å². The molecule has 0 bridgehead atoms. The van der Waals surface area contributed by atoms with Crippen LogP contribution in [0.2, 0.25) is 0 Å². The van der Waals surface area contributed by atoms with E-state index in [2.05, 4.69) is 5.43 Å². The molecule has 2 aromatic carbocycles.